The minimum Gasteiger partial charge on any atom is -0.492 e. The number of nitrogens with zero attached hydrogens (tertiary/aromatic N) is 3. The average molecular weight is 456 g/mol. The van der Waals surface area contributed by atoms with E-state index in [1.807, 2.05) is 81.7 Å². The van der Waals surface area contributed by atoms with Crippen molar-refractivity contribution in [3.63, 3.8) is 0 Å². The van der Waals surface area contributed by atoms with E-state index in [9.17, 15) is 4.79 Å². The van der Waals surface area contributed by atoms with E-state index in [1.54, 1.807) is 4.90 Å². The molecule has 4 aromatic rings. The Bertz CT molecular complexity index is 1190. The highest BCUT2D eigenvalue weighted by Crippen LogP contribution is 2.35. The number of thiazole rings is 1. The van der Waals surface area contributed by atoms with Crippen molar-refractivity contribution in [3.8, 4) is 5.75 Å². The summed E-state index contributed by atoms with van der Waals surface area (Å²) in [6.07, 6.45) is 0. The van der Waals surface area contributed by atoms with Crippen LogP contribution in [0.25, 0.3) is 21.0 Å². The zero-order valence-electron chi connectivity index (χ0n) is 17.9. The molecule has 1 heterocycles. The molecule has 31 heavy (non-hydrogen) atoms. The summed E-state index contributed by atoms with van der Waals surface area (Å²) >= 11 is 1.52. The van der Waals surface area contributed by atoms with Crippen LogP contribution in [0.5, 0.6) is 5.75 Å². The molecule has 0 saturated heterocycles. The van der Waals surface area contributed by atoms with Gasteiger partial charge in [0.15, 0.2) is 5.13 Å². The largest absolute Gasteiger partial charge is 0.492 e. The number of likely N-dealkylation sites (N-methyl/N-ethyl adjacent to an activating group) is 1. The Morgan fingerprint density at radius 3 is 2.52 bits per heavy atom. The van der Waals surface area contributed by atoms with Gasteiger partial charge in [-0.15, -0.1) is 12.4 Å². The lowest BCUT2D eigenvalue weighted by atomic mass is 10.0. The van der Waals surface area contributed by atoms with Crippen LogP contribution < -0.4 is 9.64 Å². The maximum atomic E-state index is 13.7. The highest BCUT2D eigenvalue weighted by atomic mass is 35.5. The highest BCUT2D eigenvalue weighted by Gasteiger charge is 2.23. The summed E-state index contributed by atoms with van der Waals surface area (Å²) in [6.45, 7) is 3.83. The summed E-state index contributed by atoms with van der Waals surface area (Å²) in [5, 5.41) is 2.70. The monoisotopic (exact) mass is 455 g/mol. The van der Waals surface area contributed by atoms with Crippen molar-refractivity contribution in [2.45, 2.75) is 6.92 Å². The molecule has 5 nitrogen and oxygen atoms in total. The Morgan fingerprint density at radius 2 is 1.74 bits per heavy atom. The number of aromatic nitrogens is 1. The Labute approximate surface area is 192 Å². The third kappa shape index (κ3) is 4.82. The van der Waals surface area contributed by atoms with Crippen LogP contribution in [0, 0.1) is 0 Å². The molecule has 0 N–H and O–H groups in total. The van der Waals surface area contributed by atoms with Gasteiger partial charge in [0.2, 0.25) is 0 Å². The van der Waals surface area contributed by atoms with Crippen LogP contribution in [0.2, 0.25) is 0 Å². The number of fused-ring (bicyclic) bond motifs is 2. The minimum absolute atomic E-state index is 0. The van der Waals surface area contributed by atoms with Gasteiger partial charge in [-0.05, 0) is 50.0 Å². The molecule has 1 amide bonds. The van der Waals surface area contributed by atoms with Crippen LogP contribution in [0.4, 0.5) is 5.13 Å². The summed E-state index contributed by atoms with van der Waals surface area (Å²) in [6, 6.07) is 19.8. The highest BCUT2D eigenvalue weighted by molar-refractivity contribution is 7.22. The number of anilines is 1. The SMILES string of the molecule is CCOc1cccc2sc(N(CCN(C)C)C(=O)c3cccc4ccccc34)nc12.Cl. The minimum atomic E-state index is -0.0364. The quantitative estimate of drug-likeness (QED) is 0.370. The van der Waals surface area contributed by atoms with Gasteiger partial charge in [-0.1, -0.05) is 53.8 Å². The molecular weight excluding hydrogens is 430 g/mol. The third-order valence-electron chi connectivity index (χ3n) is 4.94. The van der Waals surface area contributed by atoms with Crippen molar-refractivity contribution >= 4 is 55.8 Å². The Balaban J connectivity index is 0.00000272. The van der Waals surface area contributed by atoms with Gasteiger partial charge in [-0.25, -0.2) is 4.98 Å². The number of halogens is 1. The molecule has 0 aliphatic heterocycles. The van der Waals surface area contributed by atoms with Gasteiger partial charge in [0.25, 0.3) is 5.91 Å². The maximum Gasteiger partial charge on any atom is 0.260 e. The molecule has 7 heteroatoms. The van der Waals surface area contributed by atoms with Crippen LogP contribution in [-0.2, 0) is 0 Å². The molecule has 0 aliphatic rings. The molecule has 3 aromatic carbocycles. The number of rotatable bonds is 7. The zero-order chi connectivity index (χ0) is 21.1. The van der Waals surface area contributed by atoms with Crippen molar-refractivity contribution in [3.05, 3.63) is 66.2 Å². The molecule has 0 radical (unpaired) electrons. The van der Waals surface area contributed by atoms with Crippen molar-refractivity contribution in [2.24, 2.45) is 0 Å². The van der Waals surface area contributed by atoms with Crippen molar-refractivity contribution in [1.82, 2.24) is 9.88 Å². The lowest BCUT2D eigenvalue weighted by molar-refractivity contribution is 0.0987. The smallest absolute Gasteiger partial charge is 0.260 e. The fraction of sp³-hybridized carbons (Fsp3) is 0.250. The van der Waals surface area contributed by atoms with Crippen LogP contribution in [0.15, 0.2) is 60.7 Å². The summed E-state index contributed by atoms with van der Waals surface area (Å²) in [5.74, 6) is 0.716. The maximum absolute atomic E-state index is 13.7. The van der Waals surface area contributed by atoms with E-state index in [0.717, 1.165) is 33.3 Å². The molecular formula is C24H26ClN3O2S. The zero-order valence-corrected chi connectivity index (χ0v) is 19.5. The molecule has 162 valence electrons. The van der Waals surface area contributed by atoms with Crippen LogP contribution >= 0.6 is 23.7 Å². The molecule has 0 spiro atoms. The second-order valence-corrected chi connectivity index (χ2v) is 8.33. The van der Waals surface area contributed by atoms with Crippen molar-refractivity contribution in [1.29, 1.82) is 0 Å². The summed E-state index contributed by atoms with van der Waals surface area (Å²) in [4.78, 5) is 22.4. The van der Waals surface area contributed by atoms with E-state index in [1.165, 1.54) is 11.3 Å². The molecule has 0 bridgehead atoms. The van der Waals surface area contributed by atoms with Crippen LogP contribution in [0.3, 0.4) is 0 Å². The Morgan fingerprint density at radius 1 is 1.00 bits per heavy atom. The number of ether oxygens (including phenoxy) is 1. The number of carbonyl (C=O) groups excluding carboxylic acids is 1. The predicted octanol–water partition coefficient (Wildman–Crippen LogP) is 5.48. The Hall–Kier alpha value is -2.67. The van der Waals surface area contributed by atoms with Crippen LogP contribution in [-0.4, -0.2) is 49.6 Å². The number of para-hydroxylation sites is 1. The van der Waals surface area contributed by atoms with Gasteiger partial charge in [0.1, 0.15) is 11.3 Å². The lowest BCUT2D eigenvalue weighted by Gasteiger charge is -2.22. The van der Waals surface area contributed by atoms with Gasteiger partial charge in [0, 0.05) is 18.7 Å². The summed E-state index contributed by atoms with van der Waals surface area (Å²) in [5.41, 5.74) is 1.50. The normalized spacial score (nSPS) is 11.0. The van der Waals surface area contributed by atoms with Crippen LogP contribution in [0.1, 0.15) is 17.3 Å². The van der Waals surface area contributed by atoms with Gasteiger partial charge in [0.05, 0.1) is 11.3 Å². The average Bonchev–Trinajstić information content (AvgIpc) is 3.18. The topological polar surface area (TPSA) is 45.7 Å². The van der Waals surface area contributed by atoms with E-state index in [0.29, 0.717) is 23.8 Å². The number of carbonyl (C=O) groups is 1. The first kappa shape index (κ1) is 23.0. The Kier molecular flexibility index (Phi) is 7.49. The van der Waals surface area contributed by atoms with Gasteiger partial charge in [-0.3, -0.25) is 9.69 Å². The molecule has 1 aromatic heterocycles. The fourth-order valence-electron chi connectivity index (χ4n) is 3.44. The van der Waals surface area contributed by atoms with E-state index in [4.69, 9.17) is 9.72 Å². The second-order valence-electron chi connectivity index (χ2n) is 7.32. The molecule has 4 rings (SSSR count). The first-order chi connectivity index (χ1) is 14.6. The molecule has 0 atom stereocenters. The molecule has 0 aliphatic carbocycles. The van der Waals surface area contributed by atoms with E-state index in [2.05, 4.69) is 4.90 Å². The standard InChI is InChI=1S/C24H25N3O2S.ClH/c1-4-29-20-13-8-14-21-22(20)25-24(30-21)27(16-15-26(2)3)23(28)19-12-7-10-17-9-5-6-11-18(17)19;/h5-14H,4,15-16H2,1-3H3;1H. The van der Waals surface area contributed by atoms with Gasteiger partial charge < -0.3 is 9.64 Å². The van der Waals surface area contributed by atoms with Gasteiger partial charge >= 0.3 is 0 Å². The van der Waals surface area contributed by atoms with E-state index < -0.39 is 0 Å². The predicted molar refractivity (Wildman–Crippen MR) is 132 cm³/mol. The van der Waals surface area contributed by atoms with E-state index in [-0.39, 0.29) is 18.3 Å². The van der Waals surface area contributed by atoms with Crippen molar-refractivity contribution < 1.29 is 9.53 Å². The first-order valence-electron chi connectivity index (χ1n) is 10.0. The first-order valence-corrected chi connectivity index (χ1v) is 10.9. The number of amides is 1. The molecule has 0 fully saturated rings. The summed E-state index contributed by atoms with van der Waals surface area (Å²) in [7, 11) is 4.01. The van der Waals surface area contributed by atoms with E-state index >= 15 is 0 Å². The lowest BCUT2D eigenvalue weighted by Crippen LogP contribution is -2.36. The third-order valence-corrected chi connectivity index (χ3v) is 5.98. The van der Waals surface area contributed by atoms with Crippen molar-refractivity contribution in [2.75, 3.05) is 38.7 Å². The number of hydrogen-bond donors (Lipinski definition) is 0. The summed E-state index contributed by atoms with van der Waals surface area (Å²) < 4.78 is 6.76. The van der Waals surface area contributed by atoms with Gasteiger partial charge in [-0.2, -0.15) is 0 Å². The molecule has 0 unspecified atom stereocenters. The number of benzene rings is 3. The number of hydrogen-bond acceptors (Lipinski definition) is 5. The molecule has 0 saturated carbocycles. The second kappa shape index (κ2) is 10.1. The fourth-order valence-corrected chi connectivity index (χ4v) is 4.45.